The van der Waals surface area contributed by atoms with Crippen LogP contribution in [0.1, 0.15) is 32.6 Å². The van der Waals surface area contributed by atoms with Crippen LogP contribution in [0.5, 0.6) is 0 Å². The number of anilines is 1. The van der Waals surface area contributed by atoms with E-state index >= 15 is 0 Å². The van der Waals surface area contributed by atoms with Crippen LogP contribution >= 0.6 is 23.2 Å². The predicted molar refractivity (Wildman–Crippen MR) is 82.6 cm³/mol. The molecule has 1 saturated carbocycles. The summed E-state index contributed by atoms with van der Waals surface area (Å²) in [5, 5.41) is 0.358. The normalized spacial score (nSPS) is 18.4. The lowest BCUT2D eigenvalue weighted by atomic mass is 10.0. The Morgan fingerprint density at radius 2 is 1.90 bits per heavy atom. The summed E-state index contributed by atoms with van der Waals surface area (Å²) in [6.07, 6.45) is 4.40. The molecule has 1 aromatic rings. The van der Waals surface area contributed by atoms with Crippen LogP contribution in [0.15, 0.2) is 17.0 Å². The fourth-order valence-electron chi connectivity index (χ4n) is 2.72. The van der Waals surface area contributed by atoms with Crippen LogP contribution in [-0.4, -0.2) is 14.5 Å². The Kier molecular flexibility index (Phi) is 4.84. The van der Waals surface area contributed by atoms with Crippen LogP contribution in [0.4, 0.5) is 5.69 Å². The summed E-state index contributed by atoms with van der Waals surface area (Å²) in [5.41, 5.74) is 5.81. The lowest BCUT2D eigenvalue weighted by Crippen LogP contribution is -2.37. The highest BCUT2D eigenvalue weighted by Gasteiger charge is 2.28. The number of nitrogens with one attached hydrogen (secondary N) is 1. The van der Waals surface area contributed by atoms with Crippen LogP contribution in [0, 0.1) is 5.92 Å². The van der Waals surface area contributed by atoms with Gasteiger partial charge >= 0.3 is 0 Å². The molecule has 1 fully saturated rings. The molecule has 0 amide bonds. The molecule has 112 valence electrons. The van der Waals surface area contributed by atoms with Gasteiger partial charge in [0.1, 0.15) is 4.90 Å². The van der Waals surface area contributed by atoms with E-state index in [4.69, 9.17) is 28.9 Å². The van der Waals surface area contributed by atoms with E-state index in [1.54, 1.807) is 0 Å². The average Bonchev–Trinajstić information content (AvgIpc) is 2.78. The summed E-state index contributed by atoms with van der Waals surface area (Å²) in [5.74, 6) is 0.372. The fraction of sp³-hybridized carbons (Fsp3) is 0.538. The highest BCUT2D eigenvalue weighted by molar-refractivity contribution is 7.89. The minimum absolute atomic E-state index is 0.0427. The van der Waals surface area contributed by atoms with Gasteiger partial charge in [-0.1, -0.05) is 36.0 Å². The van der Waals surface area contributed by atoms with E-state index in [0.717, 1.165) is 25.7 Å². The van der Waals surface area contributed by atoms with Crippen LogP contribution < -0.4 is 10.5 Å². The Labute approximate surface area is 129 Å². The molecule has 1 aliphatic rings. The molecular formula is C13H18Cl2N2O2S. The van der Waals surface area contributed by atoms with Crippen molar-refractivity contribution in [2.45, 2.75) is 43.5 Å². The molecule has 3 N–H and O–H groups in total. The van der Waals surface area contributed by atoms with E-state index in [1.807, 2.05) is 6.92 Å². The number of sulfonamides is 1. The van der Waals surface area contributed by atoms with Gasteiger partial charge in [-0.2, -0.15) is 0 Å². The Morgan fingerprint density at radius 3 is 2.45 bits per heavy atom. The molecule has 0 saturated heterocycles. The molecule has 4 nitrogen and oxygen atoms in total. The molecule has 20 heavy (non-hydrogen) atoms. The van der Waals surface area contributed by atoms with E-state index in [9.17, 15) is 8.42 Å². The monoisotopic (exact) mass is 336 g/mol. The largest absolute Gasteiger partial charge is 0.398 e. The number of hydrogen-bond acceptors (Lipinski definition) is 3. The first-order chi connectivity index (χ1) is 9.31. The minimum Gasteiger partial charge on any atom is -0.398 e. The van der Waals surface area contributed by atoms with Gasteiger partial charge in [-0.25, -0.2) is 13.1 Å². The van der Waals surface area contributed by atoms with Crippen molar-refractivity contribution in [3.05, 3.63) is 22.2 Å². The molecule has 2 rings (SSSR count). The quantitative estimate of drug-likeness (QED) is 0.827. The minimum atomic E-state index is -3.74. The zero-order valence-corrected chi connectivity index (χ0v) is 13.5. The summed E-state index contributed by atoms with van der Waals surface area (Å²) in [7, 11) is -3.74. The van der Waals surface area contributed by atoms with Crippen LogP contribution in [0.25, 0.3) is 0 Å². The number of nitrogen functional groups attached to an aromatic ring is 1. The lowest BCUT2D eigenvalue weighted by Gasteiger charge is -2.21. The maximum atomic E-state index is 12.4. The Balaban J connectivity index is 2.26. The van der Waals surface area contributed by atoms with Crippen molar-refractivity contribution in [2.24, 2.45) is 5.92 Å². The lowest BCUT2D eigenvalue weighted by molar-refractivity contribution is 0.424. The van der Waals surface area contributed by atoms with Crippen molar-refractivity contribution < 1.29 is 8.42 Å². The van der Waals surface area contributed by atoms with Gasteiger partial charge in [0.15, 0.2) is 0 Å². The van der Waals surface area contributed by atoms with Crippen molar-refractivity contribution in [3.63, 3.8) is 0 Å². The van der Waals surface area contributed by atoms with Gasteiger partial charge in [0.05, 0.1) is 10.7 Å². The van der Waals surface area contributed by atoms with Crippen molar-refractivity contribution in [1.82, 2.24) is 4.72 Å². The van der Waals surface area contributed by atoms with E-state index in [-0.39, 0.29) is 21.6 Å². The third kappa shape index (κ3) is 3.39. The van der Waals surface area contributed by atoms with Gasteiger partial charge in [-0.15, -0.1) is 0 Å². The van der Waals surface area contributed by atoms with Crippen LogP contribution in [-0.2, 0) is 10.0 Å². The third-order valence-electron chi connectivity index (χ3n) is 3.75. The molecule has 0 radical (unpaired) electrons. The fourth-order valence-corrected chi connectivity index (χ4v) is 5.02. The van der Waals surface area contributed by atoms with E-state index < -0.39 is 10.0 Å². The molecule has 7 heteroatoms. The highest BCUT2D eigenvalue weighted by atomic mass is 35.5. The third-order valence-corrected chi connectivity index (χ3v) is 6.06. The van der Waals surface area contributed by atoms with E-state index in [2.05, 4.69) is 4.72 Å². The smallest absolute Gasteiger partial charge is 0.244 e. The first-order valence-corrected chi connectivity index (χ1v) is 8.82. The van der Waals surface area contributed by atoms with Gasteiger partial charge in [-0.3, -0.25) is 0 Å². The van der Waals surface area contributed by atoms with Crippen molar-refractivity contribution >= 4 is 38.9 Å². The average molecular weight is 337 g/mol. The molecule has 0 aliphatic heterocycles. The standard InChI is InChI=1S/C13H18Cl2N2O2S/c1-8(9-4-2-3-5-9)17-20(18,19)13-11(15)6-10(14)7-12(13)16/h6-9,17H,2-5,16H2,1H3. The molecule has 1 unspecified atom stereocenters. The number of benzene rings is 1. The van der Waals surface area contributed by atoms with Gasteiger partial charge in [-0.05, 0) is 37.8 Å². The maximum absolute atomic E-state index is 12.4. The number of nitrogens with two attached hydrogens (primary N) is 1. The molecule has 0 aromatic heterocycles. The molecule has 1 atom stereocenters. The second-order valence-electron chi connectivity index (χ2n) is 5.26. The Hall–Kier alpha value is -0.490. The number of halogens is 2. The second kappa shape index (κ2) is 6.10. The van der Waals surface area contributed by atoms with Crippen LogP contribution in [0.2, 0.25) is 10.0 Å². The molecular weight excluding hydrogens is 319 g/mol. The molecule has 0 heterocycles. The summed E-state index contributed by atoms with van der Waals surface area (Å²) in [4.78, 5) is -0.0894. The van der Waals surface area contributed by atoms with E-state index in [0.29, 0.717) is 10.9 Å². The van der Waals surface area contributed by atoms with Gasteiger partial charge in [0.2, 0.25) is 10.0 Å². The highest BCUT2D eigenvalue weighted by Crippen LogP contribution is 2.33. The van der Waals surface area contributed by atoms with Crippen LogP contribution in [0.3, 0.4) is 0 Å². The first kappa shape index (κ1) is 15.9. The maximum Gasteiger partial charge on any atom is 0.244 e. The summed E-state index contributed by atoms with van der Waals surface area (Å²) >= 11 is 11.8. The van der Waals surface area contributed by atoms with Gasteiger partial charge < -0.3 is 5.73 Å². The van der Waals surface area contributed by atoms with Crippen molar-refractivity contribution in [2.75, 3.05) is 5.73 Å². The van der Waals surface area contributed by atoms with Gasteiger partial charge in [0.25, 0.3) is 0 Å². The topological polar surface area (TPSA) is 72.2 Å². The molecule has 1 aliphatic carbocycles. The Bertz CT molecular complexity index is 575. The predicted octanol–water partition coefficient (Wildman–Crippen LogP) is 3.43. The molecule has 0 bridgehead atoms. The van der Waals surface area contributed by atoms with Crippen molar-refractivity contribution in [3.8, 4) is 0 Å². The molecule has 0 spiro atoms. The number of hydrogen-bond donors (Lipinski definition) is 2. The summed E-state index contributed by atoms with van der Waals surface area (Å²) < 4.78 is 27.5. The zero-order chi connectivity index (χ0) is 14.9. The van der Waals surface area contributed by atoms with Gasteiger partial charge in [0, 0.05) is 11.1 Å². The summed E-state index contributed by atoms with van der Waals surface area (Å²) in [6.45, 7) is 1.88. The van der Waals surface area contributed by atoms with Crippen molar-refractivity contribution in [1.29, 1.82) is 0 Å². The molecule has 1 aromatic carbocycles. The Morgan fingerprint density at radius 1 is 1.30 bits per heavy atom. The number of rotatable bonds is 4. The summed E-state index contributed by atoms with van der Waals surface area (Å²) in [6, 6.07) is 2.64. The van der Waals surface area contributed by atoms with E-state index in [1.165, 1.54) is 12.1 Å². The second-order valence-corrected chi connectivity index (χ2v) is 7.75. The first-order valence-electron chi connectivity index (χ1n) is 6.58. The SMILES string of the molecule is CC(NS(=O)(=O)c1c(N)cc(Cl)cc1Cl)C1CCCC1. The zero-order valence-electron chi connectivity index (χ0n) is 11.2.